The second-order valence-electron chi connectivity index (χ2n) is 10.9. The molecule has 41 heavy (non-hydrogen) atoms. The number of aryl methyl sites for hydroxylation is 2. The highest BCUT2D eigenvalue weighted by atomic mass is 16.1. The minimum absolute atomic E-state index is 0.0673. The molecule has 1 saturated heterocycles. The zero-order valence-electron chi connectivity index (χ0n) is 23.0. The van der Waals surface area contributed by atoms with Crippen molar-refractivity contribution in [3.8, 4) is 28.3 Å². The molecule has 0 radical (unpaired) electrons. The molecule has 1 aromatic carbocycles. The van der Waals surface area contributed by atoms with Crippen LogP contribution in [0.3, 0.4) is 0 Å². The van der Waals surface area contributed by atoms with Gasteiger partial charge in [-0.15, -0.1) is 0 Å². The third-order valence-electron chi connectivity index (χ3n) is 7.79. The molecule has 1 aliphatic rings. The molecule has 0 atom stereocenters. The van der Waals surface area contributed by atoms with Gasteiger partial charge in [0, 0.05) is 47.0 Å². The number of nitrogens with zero attached hydrogens (tertiary/aromatic N) is 5. The predicted octanol–water partition coefficient (Wildman–Crippen LogP) is 5.30. The zero-order valence-corrected chi connectivity index (χ0v) is 23.0. The van der Waals surface area contributed by atoms with Gasteiger partial charge in [-0.25, -0.2) is 15.0 Å². The summed E-state index contributed by atoms with van der Waals surface area (Å²) >= 11 is 0. The lowest BCUT2D eigenvalue weighted by atomic mass is 9.94. The molecule has 6 aromatic rings. The first-order valence-electron chi connectivity index (χ1n) is 14.0. The molecule has 0 spiro atoms. The van der Waals surface area contributed by atoms with E-state index in [0.717, 1.165) is 87.5 Å². The fourth-order valence-corrected chi connectivity index (χ4v) is 5.76. The van der Waals surface area contributed by atoms with Gasteiger partial charge < -0.3 is 15.6 Å². The molecule has 206 valence electrons. The van der Waals surface area contributed by atoms with Gasteiger partial charge in [0.15, 0.2) is 5.65 Å². The number of carbonyl (C=O) groups excluding carboxylic acids is 1. The van der Waals surface area contributed by atoms with Crippen LogP contribution in [0.4, 0.5) is 5.69 Å². The highest BCUT2D eigenvalue weighted by Crippen LogP contribution is 2.33. The highest BCUT2D eigenvalue weighted by Gasteiger charge is 2.18. The first-order valence-corrected chi connectivity index (χ1v) is 14.0. The van der Waals surface area contributed by atoms with Crippen molar-refractivity contribution in [3.63, 3.8) is 0 Å². The van der Waals surface area contributed by atoms with Crippen molar-refractivity contribution in [1.29, 1.82) is 0 Å². The van der Waals surface area contributed by atoms with Gasteiger partial charge in [-0.1, -0.05) is 6.07 Å². The standard InChI is InChI=1S/C31H31N9O/c1-18-9-21(12-23(10-18)36-28(41)11-20-3-6-32-7-4-20)22-13-25-29(38-39-30(25)34-15-22)27-14-24-26(37-27)5-8-33-31(24)40-16-19(2)35-17-40/h5,8-10,12-17,20,32,37H,3-4,6-7,11H2,1-2H3,(H,36,41)(H,34,38,39). The Bertz CT molecular complexity index is 1890. The first-order chi connectivity index (χ1) is 20.0. The Balaban J connectivity index is 1.21. The van der Waals surface area contributed by atoms with Crippen molar-refractivity contribution in [2.75, 3.05) is 18.4 Å². The summed E-state index contributed by atoms with van der Waals surface area (Å²) in [6.45, 7) is 5.97. The Morgan fingerprint density at radius 3 is 2.73 bits per heavy atom. The van der Waals surface area contributed by atoms with Crippen LogP contribution >= 0.6 is 0 Å². The van der Waals surface area contributed by atoms with Crippen molar-refractivity contribution >= 4 is 33.5 Å². The maximum absolute atomic E-state index is 12.8. The molecule has 0 aliphatic carbocycles. The van der Waals surface area contributed by atoms with E-state index in [-0.39, 0.29) is 5.91 Å². The Morgan fingerprint density at radius 1 is 1.02 bits per heavy atom. The summed E-state index contributed by atoms with van der Waals surface area (Å²) in [6.07, 6.45) is 10.00. The molecule has 4 N–H and O–H groups in total. The van der Waals surface area contributed by atoms with E-state index in [1.165, 1.54) is 0 Å². The number of rotatable bonds is 6. The number of aromatic nitrogens is 7. The maximum atomic E-state index is 12.8. The number of nitrogens with one attached hydrogen (secondary N) is 4. The average Bonchev–Trinajstić information content (AvgIpc) is 3.70. The monoisotopic (exact) mass is 545 g/mol. The number of amides is 1. The molecule has 1 amide bonds. The van der Waals surface area contributed by atoms with Gasteiger partial charge in [0.2, 0.25) is 5.91 Å². The van der Waals surface area contributed by atoms with Gasteiger partial charge in [-0.05, 0) is 87.2 Å². The van der Waals surface area contributed by atoms with Crippen molar-refractivity contribution < 1.29 is 4.79 Å². The van der Waals surface area contributed by atoms with Crippen LogP contribution in [0.25, 0.3) is 50.3 Å². The van der Waals surface area contributed by atoms with Crippen LogP contribution in [0.1, 0.15) is 30.5 Å². The van der Waals surface area contributed by atoms with E-state index in [0.29, 0.717) is 18.0 Å². The summed E-state index contributed by atoms with van der Waals surface area (Å²) in [4.78, 5) is 29.9. The number of fused-ring (bicyclic) bond motifs is 2. The molecule has 1 aliphatic heterocycles. The van der Waals surface area contributed by atoms with Crippen LogP contribution in [-0.2, 0) is 4.79 Å². The van der Waals surface area contributed by atoms with Crippen molar-refractivity contribution in [2.24, 2.45) is 5.92 Å². The predicted molar refractivity (Wildman–Crippen MR) is 160 cm³/mol. The molecular formula is C31H31N9O. The average molecular weight is 546 g/mol. The Kier molecular flexibility index (Phi) is 6.31. The lowest BCUT2D eigenvalue weighted by Crippen LogP contribution is -2.30. The molecule has 10 nitrogen and oxygen atoms in total. The van der Waals surface area contributed by atoms with E-state index >= 15 is 0 Å². The van der Waals surface area contributed by atoms with Gasteiger partial charge in [-0.3, -0.25) is 14.5 Å². The maximum Gasteiger partial charge on any atom is 0.224 e. The third-order valence-corrected chi connectivity index (χ3v) is 7.79. The first kappa shape index (κ1) is 25.2. The lowest BCUT2D eigenvalue weighted by molar-refractivity contribution is -0.117. The van der Waals surface area contributed by atoms with Crippen molar-refractivity contribution in [2.45, 2.75) is 33.1 Å². The molecule has 0 saturated carbocycles. The van der Waals surface area contributed by atoms with E-state index in [4.69, 9.17) is 0 Å². The number of anilines is 1. The number of piperidine rings is 1. The van der Waals surface area contributed by atoms with Crippen LogP contribution in [0, 0.1) is 19.8 Å². The molecule has 0 bridgehead atoms. The number of H-pyrrole nitrogens is 2. The SMILES string of the molecule is Cc1cc(NC(=O)CC2CCNCC2)cc(-c2cnc3n[nH]c(-c4cc5c(-n6cnc(C)c6)nccc5[nH]4)c3c2)c1. The number of benzene rings is 1. The summed E-state index contributed by atoms with van der Waals surface area (Å²) < 4.78 is 1.93. The largest absolute Gasteiger partial charge is 0.353 e. The molecule has 1 fully saturated rings. The molecule has 5 aromatic heterocycles. The highest BCUT2D eigenvalue weighted by molar-refractivity contribution is 5.98. The Morgan fingerprint density at radius 2 is 1.90 bits per heavy atom. The number of carbonyl (C=O) groups is 1. The number of pyridine rings is 2. The van der Waals surface area contributed by atoms with Crippen molar-refractivity contribution in [1.82, 2.24) is 40.0 Å². The quantitative estimate of drug-likeness (QED) is 0.225. The fraction of sp³-hybridized carbons (Fsp3) is 0.258. The van der Waals surface area contributed by atoms with Crippen LogP contribution in [0.5, 0.6) is 0 Å². The summed E-state index contributed by atoms with van der Waals surface area (Å²) in [7, 11) is 0. The number of hydrogen-bond donors (Lipinski definition) is 4. The number of imidazole rings is 1. The molecule has 7 rings (SSSR count). The molecular weight excluding hydrogens is 514 g/mol. The van der Waals surface area contributed by atoms with Gasteiger partial charge in [-0.2, -0.15) is 5.10 Å². The van der Waals surface area contributed by atoms with E-state index < -0.39 is 0 Å². The van der Waals surface area contributed by atoms with Crippen molar-refractivity contribution in [3.05, 3.63) is 72.6 Å². The summed E-state index contributed by atoms with van der Waals surface area (Å²) in [5.74, 6) is 1.31. The van der Waals surface area contributed by atoms with E-state index in [1.54, 1.807) is 12.5 Å². The van der Waals surface area contributed by atoms with Gasteiger partial charge in [0.05, 0.1) is 22.6 Å². The summed E-state index contributed by atoms with van der Waals surface area (Å²) in [5.41, 5.74) is 8.07. The lowest BCUT2D eigenvalue weighted by Gasteiger charge is -2.22. The zero-order chi connectivity index (χ0) is 27.9. The second-order valence-corrected chi connectivity index (χ2v) is 10.9. The van der Waals surface area contributed by atoms with Gasteiger partial charge >= 0.3 is 0 Å². The van der Waals surface area contributed by atoms with Gasteiger partial charge in [0.1, 0.15) is 12.1 Å². The normalized spacial score (nSPS) is 14.2. The third kappa shape index (κ3) is 4.98. The van der Waals surface area contributed by atoms with Crippen LogP contribution in [0.2, 0.25) is 0 Å². The second kappa shape index (κ2) is 10.3. The molecule has 0 unspecified atom stereocenters. The smallest absolute Gasteiger partial charge is 0.224 e. The van der Waals surface area contributed by atoms with Gasteiger partial charge in [0.25, 0.3) is 0 Å². The Labute approximate surface area is 236 Å². The van der Waals surface area contributed by atoms with Crippen LogP contribution in [-0.4, -0.2) is 53.7 Å². The molecule has 10 heteroatoms. The van der Waals surface area contributed by atoms with Crippen LogP contribution in [0.15, 0.2) is 61.3 Å². The van der Waals surface area contributed by atoms with Crippen LogP contribution < -0.4 is 10.6 Å². The van der Waals surface area contributed by atoms with E-state index in [1.807, 2.05) is 49.0 Å². The minimum Gasteiger partial charge on any atom is -0.353 e. The Hall–Kier alpha value is -4.83. The summed E-state index contributed by atoms with van der Waals surface area (Å²) in [5, 5.41) is 16.0. The molecule has 6 heterocycles. The summed E-state index contributed by atoms with van der Waals surface area (Å²) in [6, 6.07) is 12.3. The minimum atomic E-state index is 0.0673. The number of hydrogen-bond acceptors (Lipinski definition) is 6. The fourth-order valence-electron chi connectivity index (χ4n) is 5.76. The van der Waals surface area contributed by atoms with E-state index in [9.17, 15) is 4.79 Å². The topological polar surface area (TPSA) is 129 Å². The van der Waals surface area contributed by atoms with E-state index in [2.05, 4.69) is 59.0 Å². The number of aromatic amines is 2.